The van der Waals surface area contributed by atoms with Crippen LogP contribution in [-0.2, 0) is 0 Å². The van der Waals surface area contributed by atoms with Crippen LogP contribution in [-0.4, -0.2) is 25.3 Å². The SMILES string of the molecule is COc1ccc2c(=O)occ(C(=O)O)c2c1OC. The Morgan fingerprint density at radius 1 is 1.28 bits per heavy atom. The molecule has 0 unspecified atom stereocenters. The van der Waals surface area contributed by atoms with E-state index in [1.807, 2.05) is 0 Å². The predicted molar refractivity (Wildman–Crippen MR) is 62.5 cm³/mol. The number of carboxylic acid groups (broad SMARTS) is 1. The average molecular weight is 250 g/mol. The molecule has 1 N–H and O–H groups in total. The summed E-state index contributed by atoms with van der Waals surface area (Å²) in [5.41, 5.74) is -0.781. The predicted octanol–water partition coefficient (Wildman–Crippen LogP) is 1.51. The lowest BCUT2D eigenvalue weighted by Gasteiger charge is -2.11. The number of hydrogen-bond donors (Lipinski definition) is 1. The van der Waals surface area contributed by atoms with Crippen LogP contribution in [0.5, 0.6) is 11.5 Å². The van der Waals surface area contributed by atoms with Crippen molar-refractivity contribution in [2.45, 2.75) is 0 Å². The van der Waals surface area contributed by atoms with Crippen molar-refractivity contribution in [3.05, 3.63) is 34.4 Å². The molecular formula is C12H10O6. The minimum atomic E-state index is -1.21. The van der Waals surface area contributed by atoms with Crippen LogP contribution in [0.1, 0.15) is 10.4 Å². The highest BCUT2D eigenvalue weighted by molar-refractivity contribution is 6.06. The van der Waals surface area contributed by atoms with E-state index in [2.05, 4.69) is 4.42 Å². The van der Waals surface area contributed by atoms with Crippen molar-refractivity contribution >= 4 is 16.7 Å². The van der Waals surface area contributed by atoms with E-state index in [9.17, 15) is 9.59 Å². The normalized spacial score (nSPS) is 10.3. The molecule has 0 bridgehead atoms. The molecule has 6 nitrogen and oxygen atoms in total. The maximum Gasteiger partial charge on any atom is 0.343 e. The van der Waals surface area contributed by atoms with Crippen LogP contribution >= 0.6 is 0 Å². The zero-order chi connectivity index (χ0) is 13.3. The monoisotopic (exact) mass is 250 g/mol. The number of fused-ring (bicyclic) bond motifs is 1. The molecule has 94 valence electrons. The van der Waals surface area contributed by atoms with Crippen LogP contribution in [0.3, 0.4) is 0 Å². The van der Waals surface area contributed by atoms with Crippen molar-refractivity contribution in [2.75, 3.05) is 14.2 Å². The first-order valence-corrected chi connectivity index (χ1v) is 5.00. The van der Waals surface area contributed by atoms with E-state index in [0.29, 0.717) is 5.75 Å². The standard InChI is InChI=1S/C12H10O6/c1-16-8-4-3-6-9(10(8)17-2)7(11(13)14)5-18-12(6)15/h3-5H,1-2H3,(H,13,14). The number of rotatable bonds is 3. The van der Waals surface area contributed by atoms with Gasteiger partial charge in [-0.1, -0.05) is 0 Å². The first kappa shape index (κ1) is 12.0. The first-order chi connectivity index (χ1) is 8.60. The Morgan fingerprint density at radius 2 is 2.00 bits per heavy atom. The van der Waals surface area contributed by atoms with Crippen LogP contribution in [0.2, 0.25) is 0 Å². The number of methoxy groups -OCH3 is 2. The lowest BCUT2D eigenvalue weighted by molar-refractivity contribution is 0.0696. The zero-order valence-corrected chi connectivity index (χ0v) is 9.72. The molecule has 0 saturated carbocycles. The Morgan fingerprint density at radius 3 is 2.56 bits per heavy atom. The minimum Gasteiger partial charge on any atom is -0.493 e. The summed E-state index contributed by atoms with van der Waals surface area (Å²) >= 11 is 0. The number of ether oxygens (including phenoxy) is 2. The summed E-state index contributed by atoms with van der Waals surface area (Å²) < 4.78 is 14.9. The van der Waals surface area contributed by atoms with Gasteiger partial charge in [0.2, 0.25) is 0 Å². The highest BCUT2D eigenvalue weighted by Gasteiger charge is 2.19. The highest BCUT2D eigenvalue weighted by Crippen LogP contribution is 2.36. The van der Waals surface area contributed by atoms with Gasteiger partial charge in [-0.25, -0.2) is 9.59 Å². The van der Waals surface area contributed by atoms with Crippen LogP contribution < -0.4 is 15.1 Å². The summed E-state index contributed by atoms with van der Waals surface area (Å²) in [7, 11) is 2.80. The molecule has 1 aromatic heterocycles. The molecule has 0 aliphatic heterocycles. The van der Waals surface area contributed by atoms with E-state index in [1.165, 1.54) is 26.4 Å². The number of carboxylic acids is 1. The lowest BCUT2D eigenvalue weighted by Crippen LogP contribution is -2.07. The third kappa shape index (κ3) is 1.67. The Bertz CT molecular complexity index is 670. The molecule has 6 heteroatoms. The Balaban J connectivity index is 3.01. The fourth-order valence-electron chi connectivity index (χ4n) is 1.76. The molecule has 0 aliphatic carbocycles. The summed E-state index contributed by atoms with van der Waals surface area (Å²) in [6.45, 7) is 0. The van der Waals surface area contributed by atoms with Crippen molar-refractivity contribution in [2.24, 2.45) is 0 Å². The maximum atomic E-state index is 11.6. The Hall–Kier alpha value is -2.50. The number of hydrogen-bond acceptors (Lipinski definition) is 5. The van der Waals surface area contributed by atoms with Gasteiger partial charge in [0.1, 0.15) is 11.8 Å². The molecule has 0 atom stereocenters. The molecule has 18 heavy (non-hydrogen) atoms. The van der Waals surface area contributed by atoms with Crippen molar-refractivity contribution in [3.8, 4) is 11.5 Å². The van der Waals surface area contributed by atoms with Crippen LogP contribution in [0.25, 0.3) is 10.8 Å². The van der Waals surface area contributed by atoms with Gasteiger partial charge in [-0.15, -0.1) is 0 Å². The van der Waals surface area contributed by atoms with Crippen LogP contribution in [0.15, 0.2) is 27.6 Å². The molecule has 0 spiro atoms. The molecule has 0 aliphatic rings. The summed E-state index contributed by atoms with van der Waals surface area (Å²) in [5.74, 6) is -0.672. The molecule has 0 saturated heterocycles. The number of aromatic carboxylic acids is 1. The molecule has 0 radical (unpaired) electrons. The Kier molecular flexibility index (Phi) is 2.93. The topological polar surface area (TPSA) is 86.0 Å². The highest BCUT2D eigenvalue weighted by atomic mass is 16.5. The second-order valence-corrected chi connectivity index (χ2v) is 3.47. The summed E-state index contributed by atoms with van der Waals surface area (Å²) in [6, 6.07) is 2.96. The van der Waals surface area contributed by atoms with Crippen LogP contribution in [0, 0.1) is 0 Å². The second-order valence-electron chi connectivity index (χ2n) is 3.47. The van der Waals surface area contributed by atoms with E-state index in [1.54, 1.807) is 0 Å². The molecule has 0 amide bonds. The van der Waals surface area contributed by atoms with Gasteiger partial charge in [-0.3, -0.25) is 0 Å². The Labute approximate surface area is 101 Å². The van der Waals surface area contributed by atoms with Crippen molar-refractivity contribution in [1.82, 2.24) is 0 Å². The van der Waals surface area contributed by atoms with E-state index < -0.39 is 11.6 Å². The average Bonchev–Trinajstić information content (AvgIpc) is 2.37. The van der Waals surface area contributed by atoms with Crippen molar-refractivity contribution in [1.29, 1.82) is 0 Å². The largest absolute Gasteiger partial charge is 0.493 e. The molecule has 0 fully saturated rings. The lowest BCUT2D eigenvalue weighted by atomic mass is 10.1. The summed E-state index contributed by atoms with van der Waals surface area (Å²) in [6.07, 6.45) is 0.898. The summed E-state index contributed by atoms with van der Waals surface area (Å²) in [4.78, 5) is 22.7. The summed E-state index contributed by atoms with van der Waals surface area (Å²) in [5, 5.41) is 9.40. The smallest absolute Gasteiger partial charge is 0.343 e. The fraction of sp³-hybridized carbons (Fsp3) is 0.167. The van der Waals surface area contributed by atoms with Crippen molar-refractivity contribution in [3.63, 3.8) is 0 Å². The van der Waals surface area contributed by atoms with Gasteiger partial charge in [0.25, 0.3) is 0 Å². The van der Waals surface area contributed by atoms with E-state index in [0.717, 1.165) is 6.26 Å². The van der Waals surface area contributed by atoms with Gasteiger partial charge in [-0.2, -0.15) is 0 Å². The van der Waals surface area contributed by atoms with Crippen molar-refractivity contribution < 1.29 is 23.8 Å². The maximum absolute atomic E-state index is 11.6. The molecule has 1 aromatic carbocycles. The quantitative estimate of drug-likeness (QED) is 0.888. The molecule has 2 rings (SSSR count). The van der Waals surface area contributed by atoms with Crippen LogP contribution in [0.4, 0.5) is 0 Å². The van der Waals surface area contributed by atoms with Gasteiger partial charge < -0.3 is 19.0 Å². The molecule has 1 heterocycles. The zero-order valence-electron chi connectivity index (χ0n) is 9.72. The van der Waals surface area contributed by atoms with Gasteiger partial charge in [0.15, 0.2) is 11.5 Å². The van der Waals surface area contributed by atoms with Gasteiger partial charge in [0, 0.05) is 0 Å². The van der Waals surface area contributed by atoms with E-state index in [-0.39, 0.29) is 22.1 Å². The number of carbonyl (C=O) groups is 1. The first-order valence-electron chi connectivity index (χ1n) is 5.00. The third-order valence-corrected chi connectivity index (χ3v) is 2.55. The minimum absolute atomic E-state index is 0.132. The molecule has 2 aromatic rings. The number of benzene rings is 1. The van der Waals surface area contributed by atoms with Gasteiger partial charge in [0.05, 0.1) is 25.0 Å². The second kappa shape index (κ2) is 4.40. The van der Waals surface area contributed by atoms with Gasteiger partial charge in [-0.05, 0) is 12.1 Å². The van der Waals surface area contributed by atoms with E-state index >= 15 is 0 Å². The third-order valence-electron chi connectivity index (χ3n) is 2.55. The fourth-order valence-corrected chi connectivity index (χ4v) is 1.76. The molecular weight excluding hydrogens is 240 g/mol. The van der Waals surface area contributed by atoms with Gasteiger partial charge >= 0.3 is 11.6 Å². The van der Waals surface area contributed by atoms with E-state index in [4.69, 9.17) is 14.6 Å².